The van der Waals surface area contributed by atoms with Crippen LogP contribution in [-0.2, 0) is 6.54 Å². The summed E-state index contributed by atoms with van der Waals surface area (Å²) >= 11 is 0. The molecule has 0 saturated carbocycles. The number of rotatable bonds is 9. The Morgan fingerprint density at radius 1 is 1.04 bits per heavy atom. The molecule has 2 rings (SSSR count). The van der Waals surface area contributed by atoms with E-state index in [-0.39, 0.29) is 11.9 Å². The third-order valence-electron chi connectivity index (χ3n) is 4.40. The third kappa shape index (κ3) is 5.32. The number of benzene rings is 1. The molecule has 0 fully saturated rings. The topological polar surface area (TPSA) is 36.4 Å². The predicted molar refractivity (Wildman–Crippen MR) is 108 cm³/mol. The number of amides is 1. The van der Waals surface area contributed by atoms with Gasteiger partial charge in [0, 0.05) is 31.9 Å². The molecule has 0 spiro atoms. The molecule has 4 nitrogen and oxygen atoms in total. The molecule has 0 N–H and O–H groups in total. The molecule has 0 saturated heterocycles. The Hall–Kier alpha value is -2.36. The minimum absolute atomic E-state index is 0.0335. The average Bonchev–Trinajstić information content (AvgIpc) is 2.66. The van der Waals surface area contributed by atoms with Crippen molar-refractivity contribution < 1.29 is 4.79 Å². The maximum absolute atomic E-state index is 13.1. The van der Waals surface area contributed by atoms with E-state index in [1.807, 2.05) is 35.4 Å². The van der Waals surface area contributed by atoms with Gasteiger partial charge in [-0.05, 0) is 38.3 Å². The molecule has 140 valence electrons. The molecule has 0 unspecified atom stereocenters. The van der Waals surface area contributed by atoms with Crippen molar-refractivity contribution in [2.24, 2.45) is 0 Å². The van der Waals surface area contributed by atoms with Gasteiger partial charge in [-0.25, -0.2) is 0 Å². The molecule has 1 aromatic heterocycles. The van der Waals surface area contributed by atoms with Gasteiger partial charge in [0.1, 0.15) is 0 Å². The minimum Gasteiger partial charge on any atom is -0.370 e. The van der Waals surface area contributed by atoms with Crippen LogP contribution in [0.3, 0.4) is 0 Å². The Labute approximate surface area is 157 Å². The van der Waals surface area contributed by atoms with Gasteiger partial charge in [0.05, 0.1) is 17.4 Å². The monoisotopic (exact) mass is 353 g/mol. The van der Waals surface area contributed by atoms with E-state index in [1.54, 1.807) is 6.20 Å². The summed E-state index contributed by atoms with van der Waals surface area (Å²) in [6.45, 7) is 11.0. The summed E-state index contributed by atoms with van der Waals surface area (Å²) < 4.78 is 0. The van der Waals surface area contributed by atoms with Crippen LogP contribution in [-0.4, -0.2) is 34.9 Å². The number of anilines is 1. The molecule has 0 aliphatic rings. The van der Waals surface area contributed by atoms with E-state index in [4.69, 9.17) is 0 Å². The molecule has 0 aliphatic carbocycles. The highest BCUT2D eigenvalue weighted by Gasteiger charge is 2.20. The van der Waals surface area contributed by atoms with E-state index in [0.717, 1.165) is 37.2 Å². The highest BCUT2D eigenvalue weighted by atomic mass is 16.2. The predicted octanol–water partition coefficient (Wildman–Crippen LogP) is 4.76. The van der Waals surface area contributed by atoms with E-state index in [2.05, 4.69) is 49.7 Å². The number of hydrogen-bond acceptors (Lipinski definition) is 3. The second-order valence-electron chi connectivity index (χ2n) is 6.93. The standard InChI is InChI=1S/C22H31N3O/c1-5-12-24(13-6-2)21-14-20(15-23-16-21)22(26)25(18(3)4)17-19-10-8-7-9-11-19/h7-11,14-16,18H,5-6,12-13,17H2,1-4H3. The maximum Gasteiger partial charge on any atom is 0.256 e. The number of nitrogens with zero attached hydrogens (tertiary/aromatic N) is 3. The Balaban J connectivity index is 2.24. The third-order valence-corrected chi connectivity index (χ3v) is 4.40. The summed E-state index contributed by atoms with van der Waals surface area (Å²) in [5, 5.41) is 0. The molecule has 4 heteroatoms. The molecule has 1 heterocycles. The Morgan fingerprint density at radius 2 is 1.69 bits per heavy atom. The second-order valence-corrected chi connectivity index (χ2v) is 6.93. The van der Waals surface area contributed by atoms with Crippen molar-refractivity contribution in [2.75, 3.05) is 18.0 Å². The molecule has 1 aromatic carbocycles. The van der Waals surface area contributed by atoms with Crippen LogP contribution >= 0.6 is 0 Å². The van der Waals surface area contributed by atoms with Crippen molar-refractivity contribution in [2.45, 2.75) is 53.1 Å². The zero-order chi connectivity index (χ0) is 18.9. The lowest BCUT2D eigenvalue weighted by molar-refractivity contribution is 0.0690. The second kappa shape index (κ2) is 9.95. The van der Waals surface area contributed by atoms with Crippen LogP contribution < -0.4 is 4.90 Å². The molecule has 0 bridgehead atoms. The van der Waals surface area contributed by atoms with Crippen LogP contribution in [0.5, 0.6) is 0 Å². The van der Waals surface area contributed by atoms with Crippen molar-refractivity contribution in [1.82, 2.24) is 9.88 Å². The van der Waals surface area contributed by atoms with Gasteiger partial charge in [-0.1, -0.05) is 44.2 Å². The lowest BCUT2D eigenvalue weighted by Gasteiger charge is -2.28. The molecular weight excluding hydrogens is 322 g/mol. The largest absolute Gasteiger partial charge is 0.370 e. The van der Waals surface area contributed by atoms with Crippen LogP contribution in [0.15, 0.2) is 48.8 Å². The van der Waals surface area contributed by atoms with Crippen molar-refractivity contribution in [3.63, 3.8) is 0 Å². The first-order chi connectivity index (χ1) is 12.6. The molecule has 26 heavy (non-hydrogen) atoms. The lowest BCUT2D eigenvalue weighted by atomic mass is 10.1. The molecule has 2 aromatic rings. The highest BCUT2D eigenvalue weighted by Crippen LogP contribution is 2.19. The first-order valence-electron chi connectivity index (χ1n) is 9.61. The van der Waals surface area contributed by atoms with Gasteiger partial charge in [0.25, 0.3) is 5.91 Å². The minimum atomic E-state index is 0.0335. The normalized spacial score (nSPS) is 10.8. The van der Waals surface area contributed by atoms with E-state index in [9.17, 15) is 4.79 Å². The summed E-state index contributed by atoms with van der Waals surface area (Å²) in [5.74, 6) is 0.0335. The molecular formula is C22H31N3O. The molecule has 0 atom stereocenters. The Morgan fingerprint density at radius 3 is 2.27 bits per heavy atom. The van der Waals surface area contributed by atoms with E-state index < -0.39 is 0 Å². The van der Waals surface area contributed by atoms with Gasteiger partial charge < -0.3 is 9.80 Å². The first-order valence-corrected chi connectivity index (χ1v) is 9.61. The van der Waals surface area contributed by atoms with Crippen molar-refractivity contribution in [3.05, 3.63) is 59.9 Å². The van der Waals surface area contributed by atoms with Gasteiger partial charge >= 0.3 is 0 Å². The maximum atomic E-state index is 13.1. The number of carbonyl (C=O) groups excluding carboxylic acids is 1. The SMILES string of the molecule is CCCN(CCC)c1cncc(C(=O)N(Cc2ccccc2)C(C)C)c1. The number of pyridine rings is 1. The zero-order valence-electron chi connectivity index (χ0n) is 16.5. The Kier molecular flexibility index (Phi) is 7.64. The van der Waals surface area contributed by atoms with E-state index >= 15 is 0 Å². The summed E-state index contributed by atoms with van der Waals surface area (Å²) in [5.41, 5.74) is 2.82. The number of hydrogen-bond donors (Lipinski definition) is 0. The summed E-state index contributed by atoms with van der Waals surface area (Å²) in [6, 6.07) is 12.2. The summed E-state index contributed by atoms with van der Waals surface area (Å²) in [6.07, 6.45) is 5.69. The summed E-state index contributed by atoms with van der Waals surface area (Å²) in [7, 11) is 0. The highest BCUT2D eigenvalue weighted by molar-refractivity contribution is 5.95. The van der Waals surface area contributed by atoms with Crippen LogP contribution in [0.1, 0.15) is 56.5 Å². The van der Waals surface area contributed by atoms with Gasteiger partial charge in [-0.15, -0.1) is 0 Å². The Bertz CT molecular complexity index is 679. The first kappa shape index (κ1) is 20.0. The molecule has 1 amide bonds. The fourth-order valence-electron chi connectivity index (χ4n) is 3.06. The lowest BCUT2D eigenvalue weighted by Crippen LogP contribution is -2.36. The van der Waals surface area contributed by atoms with E-state index in [0.29, 0.717) is 12.1 Å². The van der Waals surface area contributed by atoms with Gasteiger partial charge in [0.15, 0.2) is 0 Å². The van der Waals surface area contributed by atoms with E-state index in [1.165, 1.54) is 0 Å². The van der Waals surface area contributed by atoms with Crippen LogP contribution in [0.4, 0.5) is 5.69 Å². The average molecular weight is 354 g/mol. The van der Waals surface area contributed by atoms with Crippen molar-refractivity contribution in [1.29, 1.82) is 0 Å². The fourth-order valence-corrected chi connectivity index (χ4v) is 3.06. The molecule has 0 radical (unpaired) electrons. The number of carbonyl (C=O) groups is 1. The van der Waals surface area contributed by atoms with Gasteiger partial charge in [-0.3, -0.25) is 9.78 Å². The zero-order valence-corrected chi connectivity index (χ0v) is 16.5. The van der Waals surface area contributed by atoms with Crippen LogP contribution in [0.25, 0.3) is 0 Å². The quantitative estimate of drug-likeness (QED) is 0.652. The van der Waals surface area contributed by atoms with Crippen LogP contribution in [0.2, 0.25) is 0 Å². The number of aromatic nitrogens is 1. The van der Waals surface area contributed by atoms with Crippen molar-refractivity contribution in [3.8, 4) is 0 Å². The summed E-state index contributed by atoms with van der Waals surface area (Å²) in [4.78, 5) is 21.7. The van der Waals surface area contributed by atoms with Gasteiger partial charge in [-0.2, -0.15) is 0 Å². The van der Waals surface area contributed by atoms with Crippen molar-refractivity contribution >= 4 is 11.6 Å². The molecule has 0 aliphatic heterocycles. The van der Waals surface area contributed by atoms with Gasteiger partial charge in [0.2, 0.25) is 0 Å². The smallest absolute Gasteiger partial charge is 0.256 e. The fraction of sp³-hybridized carbons (Fsp3) is 0.455. The van der Waals surface area contributed by atoms with Crippen LogP contribution in [0, 0.1) is 0 Å².